The maximum absolute atomic E-state index is 15.0. The molecule has 0 saturated carbocycles. The van der Waals surface area contributed by atoms with Gasteiger partial charge in [-0.25, -0.2) is 28.7 Å². The highest BCUT2D eigenvalue weighted by Gasteiger charge is 2.21. The predicted molar refractivity (Wildman–Crippen MR) is 150 cm³/mol. The Hall–Kier alpha value is -3.50. The highest BCUT2D eigenvalue weighted by atomic mass is 19.1. The summed E-state index contributed by atoms with van der Waals surface area (Å²) in [6, 6.07) is 7.25. The molecule has 1 atom stereocenters. The van der Waals surface area contributed by atoms with Crippen molar-refractivity contribution in [1.29, 1.82) is 0 Å². The summed E-state index contributed by atoms with van der Waals surface area (Å²) in [7, 11) is 0. The summed E-state index contributed by atoms with van der Waals surface area (Å²) in [6.45, 7) is 15.7. The number of pyridine rings is 1. The number of likely N-dealkylation sites (N-methyl/N-ethyl adjacent to an activating group) is 1. The number of hydrogen-bond acceptors (Lipinski definition) is 7. The number of halogens is 2. The van der Waals surface area contributed by atoms with Crippen LogP contribution >= 0.6 is 0 Å². The van der Waals surface area contributed by atoms with Gasteiger partial charge in [0.2, 0.25) is 5.95 Å². The molecule has 8 nitrogen and oxygen atoms in total. The SMILES string of the molecule is CCN1CCCN([C@H](C)c2ccc(Nc3ncc(F)c(-c4cc(F)c5nc(C)n(C(C)C)c5c4)n3)nc2)CC1. The predicted octanol–water partition coefficient (Wildman–Crippen LogP) is 5.89. The third kappa shape index (κ3) is 5.62. The Labute approximate surface area is 228 Å². The van der Waals surface area contributed by atoms with Crippen LogP contribution in [-0.2, 0) is 0 Å². The zero-order valence-electron chi connectivity index (χ0n) is 23.2. The van der Waals surface area contributed by atoms with Gasteiger partial charge in [-0.15, -0.1) is 0 Å². The van der Waals surface area contributed by atoms with E-state index in [9.17, 15) is 8.78 Å². The molecule has 0 amide bonds. The molecule has 1 saturated heterocycles. The monoisotopic (exact) mass is 534 g/mol. The van der Waals surface area contributed by atoms with Gasteiger partial charge in [-0.1, -0.05) is 13.0 Å². The third-order valence-electron chi connectivity index (χ3n) is 7.59. The lowest BCUT2D eigenvalue weighted by Crippen LogP contribution is -2.32. The minimum Gasteiger partial charge on any atom is -0.326 e. The minimum atomic E-state index is -0.636. The standard InChI is InChI=1S/C29H36F2N8/c1-6-37-10-7-11-38(13-12-37)19(4)21-8-9-26(32-16-21)35-29-33-17-24(31)27(36-29)22-14-23(30)28-25(15-22)39(18(2)3)20(5)34-28/h8-9,14-19H,6-7,10-13H2,1-5H3,(H,32,33,35,36)/t19-/m1/s1. The molecule has 1 aliphatic rings. The van der Waals surface area contributed by atoms with Crippen molar-refractivity contribution in [2.75, 3.05) is 38.0 Å². The lowest BCUT2D eigenvalue weighted by atomic mass is 10.1. The number of anilines is 2. The first-order valence-corrected chi connectivity index (χ1v) is 13.7. The summed E-state index contributed by atoms with van der Waals surface area (Å²) in [6.07, 6.45) is 4.11. The van der Waals surface area contributed by atoms with Crippen molar-refractivity contribution in [3.63, 3.8) is 0 Å². The molecule has 1 aliphatic heterocycles. The molecule has 1 aromatic carbocycles. The first-order chi connectivity index (χ1) is 18.7. The molecule has 5 rings (SSSR count). The van der Waals surface area contributed by atoms with Crippen molar-refractivity contribution >= 4 is 22.8 Å². The summed E-state index contributed by atoms with van der Waals surface area (Å²) in [5.41, 5.74) is 2.32. The van der Waals surface area contributed by atoms with E-state index < -0.39 is 11.6 Å². The molecule has 1 N–H and O–H groups in total. The molecule has 0 radical (unpaired) electrons. The summed E-state index contributed by atoms with van der Waals surface area (Å²) in [5.74, 6) is 0.273. The fourth-order valence-electron chi connectivity index (χ4n) is 5.43. The van der Waals surface area contributed by atoms with Crippen molar-refractivity contribution < 1.29 is 8.78 Å². The molecule has 0 unspecified atom stereocenters. The molecule has 0 spiro atoms. The van der Waals surface area contributed by atoms with Gasteiger partial charge < -0.3 is 14.8 Å². The van der Waals surface area contributed by atoms with E-state index in [2.05, 4.69) is 48.9 Å². The van der Waals surface area contributed by atoms with Crippen molar-refractivity contribution in [1.82, 2.24) is 34.3 Å². The molecule has 0 bridgehead atoms. The van der Waals surface area contributed by atoms with Gasteiger partial charge in [0.25, 0.3) is 0 Å². The molecule has 3 aromatic heterocycles. The number of rotatable bonds is 7. The second kappa shape index (κ2) is 11.3. The van der Waals surface area contributed by atoms with Crippen LogP contribution in [0.4, 0.5) is 20.5 Å². The van der Waals surface area contributed by atoms with Crippen LogP contribution in [0.15, 0.2) is 36.7 Å². The Morgan fingerprint density at radius 3 is 2.49 bits per heavy atom. The van der Waals surface area contributed by atoms with Gasteiger partial charge in [0, 0.05) is 43.5 Å². The Kier molecular flexibility index (Phi) is 7.86. The number of imidazole rings is 1. The Balaban J connectivity index is 1.36. The van der Waals surface area contributed by atoms with Crippen LogP contribution in [0.3, 0.4) is 0 Å². The van der Waals surface area contributed by atoms with Gasteiger partial charge >= 0.3 is 0 Å². The topological polar surface area (TPSA) is 75.0 Å². The molecule has 206 valence electrons. The number of fused-ring (bicyclic) bond motifs is 1. The number of hydrogen-bond donors (Lipinski definition) is 1. The van der Waals surface area contributed by atoms with Crippen LogP contribution in [0, 0.1) is 18.6 Å². The maximum atomic E-state index is 15.0. The third-order valence-corrected chi connectivity index (χ3v) is 7.59. The van der Waals surface area contributed by atoms with E-state index in [1.54, 1.807) is 6.07 Å². The van der Waals surface area contributed by atoms with Crippen LogP contribution in [0.25, 0.3) is 22.3 Å². The summed E-state index contributed by atoms with van der Waals surface area (Å²) in [5, 5.41) is 3.06. The van der Waals surface area contributed by atoms with Gasteiger partial charge in [-0.3, -0.25) is 4.90 Å². The minimum absolute atomic E-state index is 0.00925. The van der Waals surface area contributed by atoms with E-state index in [1.165, 1.54) is 6.07 Å². The zero-order chi connectivity index (χ0) is 27.7. The van der Waals surface area contributed by atoms with Crippen molar-refractivity contribution in [2.45, 2.75) is 53.1 Å². The highest BCUT2D eigenvalue weighted by Crippen LogP contribution is 2.30. The Morgan fingerprint density at radius 2 is 1.77 bits per heavy atom. The van der Waals surface area contributed by atoms with Gasteiger partial charge in [0.05, 0.1) is 11.7 Å². The zero-order valence-corrected chi connectivity index (χ0v) is 23.2. The molecule has 39 heavy (non-hydrogen) atoms. The average molecular weight is 535 g/mol. The largest absolute Gasteiger partial charge is 0.326 e. The Morgan fingerprint density at radius 1 is 0.949 bits per heavy atom. The van der Waals surface area contributed by atoms with Crippen molar-refractivity contribution in [2.24, 2.45) is 0 Å². The van der Waals surface area contributed by atoms with E-state index >= 15 is 0 Å². The van der Waals surface area contributed by atoms with Crippen molar-refractivity contribution in [3.05, 3.63) is 59.7 Å². The quantitative estimate of drug-likeness (QED) is 0.317. The summed E-state index contributed by atoms with van der Waals surface area (Å²) in [4.78, 5) is 22.4. The molecule has 1 fully saturated rings. The van der Waals surface area contributed by atoms with E-state index in [4.69, 9.17) is 0 Å². The number of nitrogens with zero attached hydrogens (tertiary/aromatic N) is 7. The van der Waals surface area contributed by atoms with Crippen LogP contribution in [0.2, 0.25) is 0 Å². The van der Waals surface area contributed by atoms with Crippen LogP contribution < -0.4 is 5.32 Å². The van der Waals surface area contributed by atoms with E-state index in [1.807, 2.05) is 43.7 Å². The molecule has 0 aliphatic carbocycles. The lowest BCUT2D eigenvalue weighted by molar-refractivity contribution is 0.212. The smallest absolute Gasteiger partial charge is 0.229 e. The fraction of sp³-hybridized carbons (Fsp3) is 0.448. The average Bonchev–Trinajstić information content (AvgIpc) is 3.09. The van der Waals surface area contributed by atoms with Gasteiger partial charge in [-0.2, -0.15) is 0 Å². The highest BCUT2D eigenvalue weighted by molar-refractivity contribution is 5.83. The van der Waals surface area contributed by atoms with Crippen molar-refractivity contribution in [3.8, 4) is 11.3 Å². The van der Waals surface area contributed by atoms with Gasteiger partial charge in [0.1, 0.15) is 22.9 Å². The molecule has 4 heterocycles. The first-order valence-electron chi connectivity index (χ1n) is 13.7. The summed E-state index contributed by atoms with van der Waals surface area (Å²) < 4.78 is 31.8. The second-order valence-corrected chi connectivity index (χ2v) is 10.4. The fourth-order valence-corrected chi connectivity index (χ4v) is 5.43. The molecule has 10 heteroatoms. The van der Waals surface area contributed by atoms with Gasteiger partial charge in [0.15, 0.2) is 11.6 Å². The summed E-state index contributed by atoms with van der Waals surface area (Å²) >= 11 is 0. The maximum Gasteiger partial charge on any atom is 0.229 e. The van der Waals surface area contributed by atoms with Crippen LogP contribution in [0.1, 0.15) is 57.6 Å². The first kappa shape index (κ1) is 27.1. The van der Waals surface area contributed by atoms with Gasteiger partial charge in [-0.05, 0) is 71.0 Å². The number of aryl methyl sites for hydroxylation is 1. The van der Waals surface area contributed by atoms with E-state index in [-0.39, 0.29) is 29.2 Å². The normalized spacial score (nSPS) is 16.1. The van der Waals surface area contributed by atoms with E-state index in [0.29, 0.717) is 22.7 Å². The number of benzene rings is 1. The number of nitrogens with one attached hydrogen (secondary N) is 1. The second-order valence-electron chi connectivity index (χ2n) is 10.4. The van der Waals surface area contributed by atoms with Crippen LogP contribution in [-0.4, -0.2) is 67.0 Å². The lowest BCUT2D eigenvalue weighted by Gasteiger charge is -2.28. The Bertz CT molecular complexity index is 1450. The van der Waals surface area contributed by atoms with Crippen LogP contribution in [0.5, 0.6) is 0 Å². The number of aromatic nitrogens is 5. The molecular weight excluding hydrogens is 498 g/mol. The molecular formula is C29H36F2N8. The molecule has 4 aromatic rings. The van der Waals surface area contributed by atoms with E-state index in [0.717, 1.165) is 50.9 Å².